The minimum absolute atomic E-state index is 0.175. The van der Waals surface area contributed by atoms with Crippen molar-refractivity contribution in [3.05, 3.63) is 164 Å². The number of para-hydroxylation sites is 2. The predicted octanol–water partition coefficient (Wildman–Crippen LogP) is 8.24. The van der Waals surface area contributed by atoms with Gasteiger partial charge in [-0.25, -0.2) is 0 Å². The number of benzene rings is 7. The van der Waals surface area contributed by atoms with E-state index in [2.05, 4.69) is 187 Å². The second kappa shape index (κ2) is 10.2. The lowest BCUT2D eigenvalue weighted by atomic mass is 9.33. The van der Waals surface area contributed by atoms with Crippen LogP contribution in [0, 0.1) is 0 Å². The monoisotopic (exact) mass is 628 g/mol. The second-order valence-corrected chi connectivity index (χ2v) is 18.0. The number of hydrogen-bond acceptors (Lipinski definition) is 2. The van der Waals surface area contributed by atoms with Gasteiger partial charge in [-0.05, 0) is 63.9 Å². The van der Waals surface area contributed by atoms with Gasteiger partial charge in [0.25, 0.3) is 6.71 Å². The molecule has 0 unspecified atom stereocenters. The van der Waals surface area contributed by atoms with E-state index in [1.54, 1.807) is 10.4 Å². The number of hydrogen-bond donors (Lipinski definition) is 0. The molecular weight excluding hydrogens is 595 g/mol. The summed E-state index contributed by atoms with van der Waals surface area (Å²) < 4.78 is 0. The first-order valence-electron chi connectivity index (χ1n) is 16.9. The quantitative estimate of drug-likeness (QED) is 0.181. The van der Waals surface area contributed by atoms with Crippen LogP contribution in [0.5, 0.6) is 0 Å². The molecule has 0 amide bonds. The van der Waals surface area contributed by atoms with Crippen LogP contribution in [0.25, 0.3) is 22.3 Å². The standard InChI is InChI=1S/C44H33BN2Si/c1-48(2)40-28-14-26-38-43(40)45-42-36(46(38)34-22-11-9-20-32(34)30-16-5-3-6-17-30)24-13-25-37(42)47(39-27-15-29-41(48)44(39)45)35-23-12-10-21-33(35)31-18-7-4-8-19-31/h3-29H,1-2H3. The van der Waals surface area contributed by atoms with Crippen LogP contribution in [0.3, 0.4) is 0 Å². The highest BCUT2D eigenvalue weighted by atomic mass is 28.3. The van der Waals surface area contributed by atoms with Gasteiger partial charge < -0.3 is 9.80 Å². The van der Waals surface area contributed by atoms with Crippen LogP contribution in [-0.4, -0.2) is 14.8 Å². The Morgan fingerprint density at radius 3 is 1.17 bits per heavy atom. The first kappa shape index (κ1) is 27.5. The lowest BCUT2D eigenvalue weighted by Gasteiger charge is -2.50. The van der Waals surface area contributed by atoms with Crippen molar-refractivity contribution in [1.82, 2.24) is 0 Å². The Bertz CT molecular complexity index is 2240. The molecule has 3 aliphatic rings. The zero-order valence-corrected chi connectivity index (χ0v) is 28.1. The van der Waals surface area contributed by atoms with E-state index in [0.717, 1.165) is 0 Å². The molecule has 0 bridgehead atoms. The molecular formula is C44H33BN2Si. The average Bonchev–Trinajstić information content (AvgIpc) is 3.14. The Hall–Kier alpha value is -5.58. The van der Waals surface area contributed by atoms with E-state index >= 15 is 0 Å². The van der Waals surface area contributed by atoms with Crippen LogP contribution < -0.4 is 36.6 Å². The summed E-state index contributed by atoms with van der Waals surface area (Å²) in [5.41, 5.74) is 16.9. The van der Waals surface area contributed by atoms with E-state index in [4.69, 9.17) is 0 Å². The fourth-order valence-corrected chi connectivity index (χ4v) is 12.0. The van der Waals surface area contributed by atoms with Crippen molar-refractivity contribution in [3.8, 4) is 22.3 Å². The number of anilines is 6. The van der Waals surface area contributed by atoms with Crippen molar-refractivity contribution in [3.63, 3.8) is 0 Å². The summed E-state index contributed by atoms with van der Waals surface area (Å²) in [4.78, 5) is 5.14. The van der Waals surface area contributed by atoms with E-state index in [9.17, 15) is 0 Å². The van der Waals surface area contributed by atoms with Crippen molar-refractivity contribution in [2.24, 2.45) is 0 Å². The predicted molar refractivity (Wildman–Crippen MR) is 208 cm³/mol. The Balaban J connectivity index is 1.32. The summed E-state index contributed by atoms with van der Waals surface area (Å²) in [5.74, 6) is 0. The fourth-order valence-electron chi connectivity index (χ4n) is 8.84. The van der Waals surface area contributed by atoms with Crippen LogP contribution >= 0.6 is 0 Å². The highest BCUT2D eigenvalue weighted by Gasteiger charge is 2.51. The van der Waals surface area contributed by atoms with Gasteiger partial charge in [0, 0.05) is 33.9 Å². The van der Waals surface area contributed by atoms with Crippen LogP contribution in [0.4, 0.5) is 34.1 Å². The van der Waals surface area contributed by atoms with E-state index in [0.29, 0.717) is 0 Å². The van der Waals surface area contributed by atoms with Crippen molar-refractivity contribution >= 4 is 75.7 Å². The molecule has 0 radical (unpaired) electrons. The van der Waals surface area contributed by atoms with Crippen molar-refractivity contribution in [2.75, 3.05) is 9.80 Å². The Labute approximate surface area is 283 Å². The van der Waals surface area contributed by atoms with Gasteiger partial charge >= 0.3 is 0 Å². The molecule has 0 saturated heterocycles. The van der Waals surface area contributed by atoms with Gasteiger partial charge in [-0.1, -0.05) is 151 Å². The molecule has 0 saturated carbocycles. The van der Waals surface area contributed by atoms with E-state index in [-0.39, 0.29) is 6.71 Å². The smallest absolute Gasteiger partial charge is 0.251 e. The van der Waals surface area contributed by atoms with Crippen molar-refractivity contribution in [2.45, 2.75) is 13.1 Å². The third-order valence-corrected chi connectivity index (χ3v) is 14.4. The highest BCUT2D eigenvalue weighted by Crippen LogP contribution is 2.47. The van der Waals surface area contributed by atoms with Gasteiger partial charge in [0.05, 0.1) is 11.4 Å². The molecule has 0 aliphatic carbocycles. The van der Waals surface area contributed by atoms with E-state index < -0.39 is 8.07 Å². The molecule has 10 rings (SSSR count). The molecule has 0 atom stereocenters. The molecule has 4 heteroatoms. The summed E-state index contributed by atoms with van der Waals surface area (Å²) in [6.07, 6.45) is 0. The molecule has 0 fully saturated rings. The lowest BCUT2D eigenvalue weighted by Crippen LogP contribution is -2.79. The molecule has 48 heavy (non-hydrogen) atoms. The lowest BCUT2D eigenvalue weighted by molar-refractivity contribution is 1.25. The summed E-state index contributed by atoms with van der Waals surface area (Å²) in [7, 11) is -2.08. The molecule has 3 heterocycles. The summed E-state index contributed by atoms with van der Waals surface area (Å²) in [5, 5.41) is 3.10. The van der Waals surface area contributed by atoms with Gasteiger partial charge in [0.2, 0.25) is 0 Å². The topological polar surface area (TPSA) is 6.48 Å². The first-order valence-corrected chi connectivity index (χ1v) is 19.9. The summed E-state index contributed by atoms with van der Waals surface area (Å²) in [6, 6.07) is 60.7. The van der Waals surface area contributed by atoms with Gasteiger partial charge in [-0.2, -0.15) is 0 Å². The van der Waals surface area contributed by atoms with Gasteiger partial charge in [-0.3, -0.25) is 0 Å². The maximum absolute atomic E-state index is 2.57. The maximum atomic E-state index is 2.57. The van der Waals surface area contributed by atoms with Crippen LogP contribution in [0.2, 0.25) is 13.1 Å². The minimum Gasteiger partial charge on any atom is -0.311 e. The number of nitrogens with zero attached hydrogens (tertiary/aromatic N) is 2. The van der Waals surface area contributed by atoms with Gasteiger partial charge in [-0.15, -0.1) is 0 Å². The van der Waals surface area contributed by atoms with Crippen LogP contribution in [0.1, 0.15) is 0 Å². The van der Waals surface area contributed by atoms with Gasteiger partial charge in [0.1, 0.15) is 8.07 Å². The molecule has 0 N–H and O–H groups in total. The van der Waals surface area contributed by atoms with Crippen molar-refractivity contribution in [1.29, 1.82) is 0 Å². The Morgan fingerprint density at radius 1 is 0.354 bits per heavy atom. The zero-order valence-electron chi connectivity index (χ0n) is 27.1. The molecule has 7 aromatic carbocycles. The summed E-state index contributed by atoms with van der Waals surface area (Å²) >= 11 is 0. The SMILES string of the molecule is C[Si]1(C)c2cccc3c2B2c4c(cccc4N(c4ccccc4-c4ccccc4)c4cccc1c42)N3c1ccccc1-c1ccccc1. The maximum Gasteiger partial charge on any atom is 0.251 e. The van der Waals surface area contributed by atoms with Crippen LogP contribution in [-0.2, 0) is 0 Å². The Kier molecular flexibility index (Phi) is 5.85. The third-order valence-electron chi connectivity index (χ3n) is 10.9. The second-order valence-electron chi connectivity index (χ2n) is 13.7. The summed E-state index contributed by atoms with van der Waals surface area (Å²) in [6.45, 7) is 5.28. The Morgan fingerprint density at radius 2 is 0.708 bits per heavy atom. The van der Waals surface area contributed by atoms with E-state index in [1.807, 2.05) is 0 Å². The molecule has 3 aliphatic heterocycles. The molecule has 7 aromatic rings. The normalized spacial score (nSPS) is 14.5. The minimum atomic E-state index is -2.08. The molecule has 2 nitrogen and oxygen atoms in total. The molecule has 0 spiro atoms. The van der Waals surface area contributed by atoms with Crippen LogP contribution in [0.15, 0.2) is 164 Å². The molecule has 226 valence electrons. The van der Waals surface area contributed by atoms with Gasteiger partial charge in [0.15, 0.2) is 0 Å². The third kappa shape index (κ3) is 3.69. The largest absolute Gasteiger partial charge is 0.311 e. The highest BCUT2D eigenvalue weighted by molar-refractivity contribution is 7.16. The average molecular weight is 629 g/mol. The zero-order chi connectivity index (χ0) is 32.0. The molecule has 0 aromatic heterocycles. The van der Waals surface area contributed by atoms with Crippen molar-refractivity contribution < 1.29 is 0 Å². The van der Waals surface area contributed by atoms with E-state index in [1.165, 1.54) is 72.8 Å². The fraction of sp³-hybridized carbons (Fsp3) is 0.0455. The number of rotatable bonds is 4. The first-order chi connectivity index (χ1) is 23.6.